The highest BCUT2D eigenvalue weighted by Gasteiger charge is 2.21. The molecule has 2 heterocycles. The molecule has 0 amide bonds. The fourth-order valence-electron chi connectivity index (χ4n) is 2.61. The lowest BCUT2D eigenvalue weighted by atomic mass is 9.99. The molecule has 1 fully saturated rings. The lowest BCUT2D eigenvalue weighted by Gasteiger charge is -2.33. The van der Waals surface area contributed by atoms with E-state index in [1.165, 1.54) is 12.8 Å². The molecule has 1 aliphatic heterocycles. The summed E-state index contributed by atoms with van der Waals surface area (Å²) in [6, 6.07) is 4.16. The van der Waals surface area contributed by atoms with E-state index in [0.717, 1.165) is 36.8 Å². The third kappa shape index (κ3) is 3.36. The maximum atomic E-state index is 5.92. The van der Waals surface area contributed by atoms with Crippen molar-refractivity contribution in [3.63, 3.8) is 0 Å². The molecule has 1 saturated heterocycles. The fraction of sp³-hybridized carbons (Fsp3) is 0.643. The number of methoxy groups -OCH3 is 1. The number of ether oxygens (including phenoxy) is 1. The van der Waals surface area contributed by atoms with Gasteiger partial charge < -0.3 is 9.64 Å². The Kier molecular flexibility index (Phi) is 4.84. The van der Waals surface area contributed by atoms with Crippen LogP contribution in [0.5, 0.6) is 0 Å². The van der Waals surface area contributed by atoms with Crippen LogP contribution in [0.1, 0.15) is 24.1 Å². The number of rotatable bonds is 4. The topological polar surface area (TPSA) is 25.4 Å². The molecule has 0 spiro atoms. The summed E-state index contributed by atoms with van der Waals surface area (Å²) in [4.78, 5) is 6.98. The first-order valence-electron chi connectivity index (χ1n) is 6.50. The molecule has 4 heteroatoms. The molecule has 2 rings (SSSR count). The minimum absolute atomic E-state index is 0.547. The lowest BCUT2D eigenvalue weighted by Crippen LogP contribution is -2.37. The van der Waals surface area contributed by atoms with Gasteiger partial charge in [-0.2, -0.15) is 0 Å². The average Bonchev–Trinajstić information content (AvgIpc) is 2.39. The van der Waals surface area contributed by atoms with Crippen LogP contribution in [0.15, 0.2) is 12.1 Å². The maximum absolute atomic E-state index is 5.92. The van der Waals surface area contributed by atoms with Gasteiger partial charge >= 0.3 is 0 Å². The molecule has 3 nitrogen and oxygen atoms in total. The molecule has 1 aliphatic rings. The van der Waals surface area contributed by atoms with Crippen LogP contribution in [0.4, 0.5) is 5.82 Å². The van der Waals surface area contributed by atoms with Gasteiger partial charge in [-0.3, -0.25) is 0 Å². The van der Waals surface area contributed by atoms with Gasteiger partial charge in [0.2, 0.25) is 0 Å². The van der Waals surface area contributed by atoms with Crippen LogP contribution in [-0.2, 0) is 10.6 Å². The van der Waals surface area contributed by atoms with Gasteiger partial charge in [-0.15, -0.1) is 11.6 Å². The van der Waals surface area contributed by atoms with Crippen molar-refractivity contribution >= 4 is 17.4 Å². The number of nitrogens with zero attached hydrogens (tertiary/aromatic N) is 2. The minimum atomic E-state index is 0.547. The first kappa shape index (κ1) is 13.6. The van der Waals surface area contributed by atoms with Gasteiger partial charge in [0, 0.05) is 31.8 Å². The zero-order chi connectivity index (χ0) is 13.0. The smallest absolute Gasteiger partial charge is 0.129 e. The number of piperidine rings is 1. The van der Waals surface area contributed by atoms with Gasteiger partial charge in [-0.25, -0.2) is 4.98 Å². The van der Waals surface area contributed by atoms with Crippen molar-refractivity contribution in [2.75, 3.05) is 31.7 Å². The van der Waals surface area contributed by atoms with E-state index >= 15 is 0 Å². The third-order valence-electron chi connectivity index (χ3n) is 3.40. The highest BCUT2D eigenvalue weighted by Crippen LogP contribution is 2.23. The molecular formula is C14H21ClN2O. The highest BCUT2D eigenvalue weighted by molar-refractivity contribution is 6.17. The molecule has 0 bridgehead atoms. The molecular weight excluding hydrogens is 248 g/mol. The van der Waals surface area contributed by atoms with Crippen LogP contribution < -0.4 is 4.90 Å². The Morgan fingerprint density at radius 2 is 2.33 bits per heavy atom. The summed E-state index contributed by atoms with van der Waals surface area (Å²) in [5.74, 6) is 2.23. The summed E-state index contributed by atoms with van der Waals surface area (Å²) in [6.07, 6.45) is 2.46. The Balaban J connectivity index is 2.12. The standard InChI is InChI=1S/C14H21ClN2O/c1-11-6-13(8-15)7-14(16-11)17-5-3-4-12(9-17)10-18-2/h6-7,12H,3-5,8-10H2,1-2H3. The second-order valence-electron chi connectivity index (χ2n) is 5.02. The van der Waals surface area contributed by atoms with Gasteiger partial charge in [0.05, 0.1) is 6.61 Å². The molecule has 1 aromatic heterocycles. The first-order chi connectivity index (χ1) is 8.72. The van der Waals surface area contributed by atoms with Crippen molar-refractivity contribution in [1.82, 2.24) is 4.98 Å². The molecule has 1 unspecified atom stereocenters. The zero-order valence-corrected chi connectivity index (χ0v) is 11.9. The number of pyridine rings is 1. The van der Waals surface area contributed by atoms with Gasteiger partial charge in [-0.1, -0.05) is 0 Å². The van der Waals surface area contributed by atoms with Crippen LogP contribution in [0.2, 0.25) is 0 Å². The van der Waals surface area contributed by atoms with Crippen molar-refractivity contribution in [2.24, 2.45) is 5.92 Å². The number of alkyl halides is 1. The summed E-state index contributed by atoms with van der Waals surface area (Å²) in [5.41, 5.74) is 2.19. The van der Waals surface area contributed by atoms with E-state index < -0.39 is 0 Å². The Hall–Kier alpha value is -0.800. The number of hydrogen-bond donors (Lipinski definition) is 0. The minimum Gasteiger partial charge on any atom is -0.384 e. The largest absolute Gasteiger partial charge is 0.384 e. The van der Waals surface area contributed by atoms with E-state index in [-0.39, 0.29) is 0 Å². The molecule has 18 heavy (non-hydrogen) atoms. The van der Waals surface area contributed by atoms with E-state index in [9.17, 15) is 0 Å². The quantitative estimate of drug-likeness (QED) is 0.785. The molecule has 100 valence electrons. The SMILES string of the molecule is COCC1CCCN(c2cc(CCl)cc(C)n2)C1. The highest BCUT2D eigenvalue weighted by atomic mass is 35.5. The predicted molar refractivity (Wildman–Crippen MR) is 75.3 cm³/mol. The summed E-state index contributed by atoms with van der Waals surface area (Å²) in [6.45, 7) is 4.98. The fourth-order valence-corrected chi connectivity index (χ4v) is 2.76. The molecule has 1 aromatic rings. The Morgan fingerprint density at radius 1 is 1.50 bits per heavy atom. The summed E-state index contributed by atoms with van der Waals surface area (Å²) >= 11 is 5.92. The van der Waals surface area contributed by atoms with Crippen LogP contribution in [0.25, 0.3) is 0 Å². The van der Waals surface area contributed by atoms with Crippen LogP contribution >= 0.6 is 11.6 Å². The lowest BCUT2D eigenvalue weighted by molar-refractivity contribution is 0.143. The molecule has 0 radical (unpaired) electrons. The van der Waals surface area contributed by atoms with Crippen molar-refractivity contribution < 1.29 is 4.74 Å². The number of halogens is 1. The number of hydrogen-bond acceptors (Lipinski definition) is 3. The molecule has 1 atom stereocenters. The molecule has 0 aromatic carbocycles. The van der Waals surface area contributed by atoms with E-state index in [4.69, 9.17) is 16.3 Å². The van der Waals surface area contributed by atoms with E-state index in [1.54, 1.807) is 7.11 Å². The number of anilines is 1. The van der Waals surface area contributed by atoms with Crippen molar-refractivity contribution in [3.8, 4) is 0 Å². The van der Waals surface area contributed by atoms with Crippen molar-refractivity contribution in [3.05, 3.63) is 23.4 Å². The second-order valence-corrected chi connectivity index (χ2v) is 5.29. The summed E-state index contributed by atoms with van der Waals surface area (Å²) in [7, 11) is 1.77. The van der Waals surface area contributed by atoms with Gasteiger partial charge in [-0.05, 0) is 43.4 Å². The molecule has 0 aliphatic carbocycles. The van der Waals surface area contributed by atoms with Gasteiger partial charge in [0.1, 0.15) is 5.82 Å². The van der Waals surface area contributed by atoms with Crippen LogP contribution in [0, 0.1) is 12.8 Å². The Morgan fingerprint density at radius 3 is 3.06 bits per heavy atom. The normalized spacial score (nSPS) is 20.2. The Labute approximate surface area is 114 Å². The summed E-state index contributed by atoms with van der Waals surface area (Å²) in [5, 5.41) is 0. The number of aromatic nitrogens is 1. The molecule has 0 saturated carbocycles. The van der Waals surface area contributed by atoms with Crippen molar-refractivity contribution in [2.45, 2.75) is 25.6 Å². The maximum Gasteiger partial charge on any atom is 0.129 e. The average molecular weight is 269 g/mol. The summed E-state index contributed by atoms with van der Waals surface area (Å²) < 4.78 is 5.27. The molecule has 0 N–H and O–H groups in total. The van der Waals surface area contributed by atoms with E-state index in [1.807, 2.05) is 13.0 Å². The third-order valence-corrected chi connectivity index (χ3v) is 3.71. The van der Waals surface area contributed by atoms with E-state index in [2.05, 4.69) is 16.0 Å². The van der Waals surface area contributed by atoms with Gasteiger partial charge in [0.15, 0.2) is 0 Å². The number of aryl methyl sites for hydroxylation is 1. The zero-order valence-electron chi connectivity index (χ0n) is 11.2. The van der Waals surface area contributed by atoms with Crippen molar-refractivity contribution in [1.29, 1.82) is 0 Å². The second kappa shape index (κ2) is 6.39. The predicted octanol–water partition coefficient (Wildman–Crippen LogP) is 2.99. The first-order valence-corrected chi connectivity index (χ1v) is 7.03. The van der Waals surface area contributed by atoms with Crippen LogP contribution in [0.3, 0.4) is 0 Å². The van der Waals surface area contributed by atoms with Gasteiger partial charge in [0.25, 0.3) is 0 Å². The monoisotopic (exact) mass is 268 g/mol. The van der Waals surface area contributed by atoms with E-state index in [0.29, 0.717) is 11.8 Å². The Bertz CT molecular complexity index is 395. The van der Waals surface area contributed by atoms with Crippen LogP contribution in [-0.4, -0.2) is 31.8 Å².